The van der Waals surface area contributed by atoms with Gasteiger partial charge < -0.3 is 20.9 Å². The van der Waals surface area contributed by atoms with Crippen LogP contribution in [-0.4, -0.2) is 31.9 Å². The number of nitrogen functional groups attached to an aromatic ring is 1. The van der Waals surface area contributed by atoms with Gasteiger partial charge in [0.2, 0.25) is 11.9 Å². The number of carbonyl (C=O) groups is 1. The molecule has 1 aromatic carbocycles. The average molecular weight is 367 g/mol. The highest BCUT2D eigenvalue weighted by Crippen LogP contribution is 2.20. The maximum atomic E-state index is 12.7. The average Bonchev–Trinajstić information content (AvgIpc) is 2.81. The first-order chi connectivity index (χ1) is 12.9. The Morgan fingerprint density at radius 3 is 2.93 bits per heavy atom. The minimum Gasteiger partial charge on any atom is -0.508 e. The molecule has 8 nitrogen and oxygen atoms in total. The molecule has 0 unspecified atom stereocenters. The van der Waals surface area contributed by atoms with E-state index < -0.39 is 5.91 Å². The molecule has 0 spiro atoms. The van der Waals surface area contributed by atoms with Gasteiger partial charge in [-0.2, -0.15) is 9.67 Å². The van der Waals surface area contributed by atoms with Gasteiger partial charge >= 0.3 is 0 Å². The Morgan fingerprint density at radius 2 is 2.19 bits per heavy atom. The van der Waals surface area contributed by atoms with Gasteiger partial charge in [0.05, 0.1) is 6.10 Å². The molecule has 0 fully saturated rings. The number of nitrogens with zero attached hydrogens (tertiary/aromatic N) is 3. The first kappa shape index (κ1) is 18.2. The monoisotopic (exact) mass is 367 g/mol. The molecule has 0 saturated heterocycles. The zero-order valence-electron chi connectivity index (χ0n) is 15.1. The molecule has 2 aromatic rings. The summed E-state index contributed by atoms with van der Waals surface area (Å²) < 4.78 is 6.70. The molecule has 0 aliphatic heterocycles. The van der Waals surface area contributed by atoms with Crippen LogP contribution in [0.3, 0.4) is 0 Å². The Bertz CT molecular complexity index is 941. The van der Waals surface area contributed by atoms with Crippen LogP contribution < -0.4 is 11.1 Å². The van der Waals surface area contributed by atoms with Crippen molar-refractivity contribution in [2.45, 2.75) is 26.4 Å². The Kier molecular flexibility index (Phi) is 5.25. The third kappa shape index (κ3) is 4.55. The molecular formula is C19H21N5O3. The Balaban J connectivity index is 1.80. The number of rotatable bonds is 5. The highest BCUT2D eigenvalue weighted by molar-refractivity contribution is 5.99. The summed E-state index contributed by atoms with van der Waals surface area (Å²) in [5.74, 6) is 0.598. The van der Waals surface area contributed by atoms with E-state index in [9.17, 15) is 9.90 Å². The van der Waals surface area contributed by atoms with Crippen molar-refractivity contribution in [3.63, 3.8) is 0 Å². The molecule has 0 radical (unpaired) electrons. The first-order valence-corrected chi connectivity index (χ1v) is 8.49. The molecule has 1 heterocycles. The number of hydrogen-bond acceptors (Lipinski definition) is 7. The molecule has 140 valence electrons. The Labute approximate surface area is 156 Å². The van der Waals surface area contributed by atoms with Gasteiger partial charge in [0.25, 0.3) is 5.91 Å². The molecule has 1 aliphatic carbocycles. The lowest BCUT2D eigenvalue weighted by atomic mass is 10.2. The summed E-state index contributed by atoms with van der Waals surface area (Å²) in [6.07, 6.45) is 7.66. The molecule has 0 amide bonds. The van der Waals surface area contributed by atoms with Crippen molar-refractivity contribution in [2.75, 3.05) is 11.1 Å². The second-order valence-corrected chi connectivity index (χ2v) is 6.21. The zero-order chi connectivity index (χ0) is 19.4. The SMILES string of the molecule is CC(C)OC1=CC=C(C(=O)n2nc(Nc3cccc(O)c3)nc2N)C=CC1. The van der Waals surface area contributed by atoms with Crippen LogP contribution in [0, 0.1) is 0 Å². The minimum atomic E-state index is -0.401. The summed E-state index contributed by atoms with van der Waals surface area (Å²) in [6, 6.07) is 6.46. The highest BCUT2D eigenvalue weighted by atomic mass is 16.5. The van der Waals surface area contributed by atoms with Crippen LogP contribution in [0.5, 0.6) is 5.75 Å². The topological polar surface area (TPSA) is 115 Å². The van der Waals surface area contributed by atoms with E-state index in [1.54, 1.807) is 36.4 Å². The minimum absolute atomic E-state index is 0.0381. The smallest absolute Gasteiger partial charge is 0.281 e. The fourth-order valence-electron chi connectivity index (χ4n) is 2.50. The van der Waals surface area contributed by atoms with Gasteiger partial charge in [0.15, 0.2) is 0 Å². The second-order valence-electron chi connectivity index (χ2n) is 6.21. The quantitative estimate of drug-likeness (QED) is 0.743. The number of nitrogens with two attached hydrogens (primary N) is 1. The number of carbonyl (C=O) groups excluding carboxylic acids is 1. The molecule has 1 aliphatic rings. The Hall–Kier alpha value is -3.55. The summed E-state index contributed by atoms with van der Waals surface area (Å²) in [5, 5.41) is 16.5. The lowest BCUT2D eigenvalue weighted by Gasteiger charge is -2.10. The predicted octanol–water partition coefficient (Wildman–Crippen LogP) is 3.14. The lowest BCUT2D eigenvalue weighted by molar-refractivity contribution is 0.0947. The summed E-state index contributed by atoms with van der Waals surface area (Å²) in [7, 11) is 0. The van der Waals surface area contributed by atoms with Gasteiger partial charge in [0.1, 0.15) is 11.5 Å². The molecular weight excluding hydrogens is 346 g/mol. The molecule has 4 N–H and O–H groups in total. The molecule has 3 rings (SSSR count). The van der Waals surface area contributed by atoms with Crippen LogP contribution in [0.15, 0.2) is 59.9 Å². The van der Waals surface area contributed by atoms with Crippen LogP contribution in [0.1, 0.15) is 25.1 Å². The molecule has 27 heavy (non-hydrogen) atoms. The van der Waals surface area contributed by atoms with Gasteiger partial charge in [-0.25, -0.2) is 0 Å². The number of benzene rings is 1. The third-order valence-corrected chi connectivity index (χ3v) is 3.63. The number of hydrogen-bond donors (Lipinski definition) is 3. The fraction of sp³-hybridized carbons (Fsp3) is 0.211. The van der Waals surface area contributed by atoms with Crippen LogP contribution in [0.2, 0.25) is 0 Å². The number of phenols is 1. The van der Waals surface area contributed by atoms with E-state index in [0.717, 1.165) is 10.4 Å². The maximum absolute atomic E-state index is 12.7. The number of aromatic nitrogens is 3. The summed E-state index contributed by atoms with van der Waals surface area (Å²) >= 11 is 0. The predicted molar refractivity (Wildman–Crippen MR) is 103 cm³/mol. The van der Waals surface area contributed by atoms with Gasteiger partial charge in [-0.05, 0) is 38.1 Å². The number of allylic oxidation sites excluding steroid dienone is 5. The fourth-order valence-corrected chi connectivity index (χ4v) is 2.50. The number of anilines is 3. The van der Waals surface area contributed by atoms with Crippen molar-refractivity contribution in [2.24, 2.45) is 0 Å². The van der Waals surface area contributed by atoms with Crippen molar-refractivity contribution in [3.8, 4) is 5.75 Å². The van der Waals surface area contributed by atoms with E-state index >= 15 is 0 Å². The summed E-state index contributed by atoms with van der Waals surface area (Å²) in [5.41, 5.74) is 6.84. The number of phenolic OH excluding ortho intramolecular Hbond substituents is 1. The van der Waals surface area contributed by atoms with Crippen molar-refractivity contribution in [1.29, 1.82) is 0 Å². The van der Waals surface area contributed by atoms with E-state index in [1.807, 2.05) is 19.9 Å². The lowest BCUT2D eigenvalue weighted by Crippen LogP contribution is -2.16. The molecule has 0 saturated carbocycles. The standard InChI is InChI=1S/C19H21N5O3/c1-12(2)27-16-8-3-5-13(9-10-16)17(26)24-18(20)22-19(23-24)21-14-6-4-7-15(25)11-14/h3-7,9-12,25H,8H2,1-2H3,(H3,20,21,22,23). The van der Waals surface area contributed by atoms with E-state index in [1.165, 1.54) is 6.07 Å². The van der Waals surface area contributed by atoms with Gasteiger partial charge in [-0.3, -0.25) is 4.79 Å². The summed E-state index contributed by atoms with van der Waals surface area (Å²) in [6.45, 7) is 3.89. The van der Waals surface area contributed by atoms with E-state index in [4.69, 9.17) is 10.5 Å². The van der Waals surface area contributed by atoms with Crippen LogP contribution >= 0.6 is 0 Å². The number of ether oxygens (including phenoxy) is 1. The Morgan fingerprint density at radius 1 is 1.37 bits per heavy atom. The van der Waals surface area contributed by atoms with E-state index in [0.29, 0.717) is 17.7 Å². The molecule has 1 aromatic heterocycles. The molecule has 0 bridgehead atoms. The van der Waals surface area contributed by atoms with Crippen molar-refractivity contribution in [3.05, 3.63) is 59.9 Å². The molecule has 8 heteroatoms. The summed E-state index contributed by atoms with van der Waals surface area (Å²) in [4.78, 5) is 16.8. The first-order valence-electron chi connectivity index (χ1n) is 8.49. The van der Waals surface area contributed by atoms with Crippen molar-refractivity contribution >= 4 is 23.5 Å². The largest absolute Gasteiger partial charge is 0.508 e. The van der Waals surface area contributed by atoms with E-state index in [2.05, 4.69) is 15.4 Å². The highest BCUT2D eigenvalue weighted by Gasteiger charge is 2.17. The van der Waals surface area contributed by atoms with Crippen LogP contribution in [0.4, 0.5) is 17.6 Å². The van der Waals surface area contributed by atoms with Gasteiger partial charge in [-0.15, -0.1) is 5.10 Å². The maximum Gasteiger partial charge on any atom is 0.281 e. The zero-order valence-corrected chi connectivity index (χ0v) is 15.1. The van der Waals surface area contributed by atoms with Crippen molar-refractivity contribution < 1.29 is 14.6 Å². The van der Waals surface area contributed by atoms with Gasteiger partial charge in [0, 0.05) is 23.7 Å². The second kappa shape index (κ2) is 7.77. The third-order valence-electron chi connectivity index (χ3n) is 3.63. The molecule has 0 atom stereocenters. The van der Waals surface area contributed by atoms with Crippen LogP contribution in [0.25, 0.3) is 0 Å². The van der Waals surface area contributed by atoms with E-state index in [-0.39, 0.29) is 23.8 Å². The normalized spacial score (nSPS) is 13.7. The van der Waals surface area contributed by atoms with Crippen molar-refractivity contribution in [1.82, 2.24) is 14.8 Å². The number of nitrogens with one attached hydrogen (secondary N) is 1. The number of aromatic hydroxyl groups is 1. The van der Waals surface area contributed by atoms with Gasteiger partial charge in [-0.1, -0.05) is 18.2 Å². The van der Waals surface area contributed by atoms with Crippen LogP contribution in [-0.2, 0) is 4.74 Å².